The van der Waals surface area contributed by atoms with E-state index in [2.05, 4.69) is 13.8 Å². The minimum Gasteiger partial charge on any atom is -0.244 e. The Morgan fingerprint density at radius 3 is 2.00 bits per heavy atom. The zero-order chi connectivity index (χ0) is 11.6. The van der Waals surface area contributed by atoms with E-state index in [1.807, 2.05) is 0 Å². The van der Waals surface area contributed by atoms with Gasteiger partial charge in [-0.1, -0.05) is 65.2 Å². The van der Waals surface area contributed by atoms with Crippen LogP contribution in [0, 0.1) is 6.92 Å². The van der Waals surface area contributed by atoms with Crippen LogP contribution in [0.2, 0.25) is 0 Å². The van der Waals surface area contributed by atoms with Crippen molar-refractivity contribution in [1.82, 2.24) is 0 Å². The molecule has 0 aliphatic rings. The van der Waals surface area contributed by atoms with Gasteiger partial charge >= 0.3 is 0 Å². The Hall–Kier alpha value is -0.0700. The van der Waals surface area contributed by atoms with Gasteiger partial charge in [0.05, 0.1) is 0 Å². The van der Waals surface area contributed by atoms with Crippen molar-refractivity contribution in [3.05, 3.63) is 6.92 Å². The molecule has 0 nitrogen and oxygen atoms in total. The normalized spacial score (nSPS) is 15.2. The van der Waals surface area contributed by atoms with E-state index < -0.39 is 5.67 Å². The Labute approximate surface area is 95.6 Å². The molecule has 0 aromatic carbocycles. The first-order chi connectivity index (χ1) is 7.12. The maximum atomic E-state index is 13.7. The molecule has 0 heterocycles. The molecule has 0 saturated heterocycles. The van der Waals surface area contributed by atoms with Gasteiger partial charge in [0, 0.05) is 0 Å². The van der Waals surface area contributed by atoms with Crippen LogP contribution >= 0.6 is 0 Å². The summed E-state index contributed by atoms with van der Waals surface area (Å²) in [5.41, 5.74) is -0.967. The summed E-state index contributed by atoms with van der Waals surface area (Å²) in [6.07, 6.45) is 10.9. The van der Waals surface area contributed by atoms with Crippen molar-refractivity contribution >= 4 is 0 Å². The number of hydrogen-bond donors (Lipinski definition) is 0. The number of alkyl halides is 1. The summed E-state index contributed by atoms with van der Waals surface area (Å²) in [5.74, 6) is 0. The minimum atomic E-state index is -0.967. The zero-order valence-electron chi connectivity index (χ0n) is 10.7. The van der Waals surface area contributed by atoms with Crippen molar-refractivity contribution in [3.8, 4) is 0 Å². The first kappa shape index (κ1) is 14.9. The highest BCUT2D eigenvalue weighted by atomic mass is 19.1. The first-order valence-electron chi connectivity index (χ1n) is 6.60. The molecule has 0 saturated carbocycles. The van der Waals surface area contributed by atoms with Crippen LogP contribution in [0.5, 0.6) is 0 Å². The van der Waals surface area contributed by atoms with E-state index in [1.54, 1.807) is 6.92 Å². The topological polar surface area (TPSA) is 0 Å². The molecule has 1 unspecified atom stereocenters. The Bertz CT molecular complexity index is 129. The third-order valence-corrected chi connectivity index (χ3v) is 3.00. The first-order valence-corrected chi connectivity index (χ1v) is 6.60. The van der Waals surface area contributed by atoms with Crippen LogP contribution < -0.4 is 0 Å². The smallest absolute Gasteiger partial charge is 0.108 e. The quantitative estimate of drug-likeness (QED) is 0.424. The van der Waals surface area contributed by atoms with Gasteiger partial charge in [-0.15, -0.1) is 0 Å². The summed E-state index contributed by atoms with van der Waals surface area (Å²) in [6, 6.07) is 0. The summed E-state index contributed by atoms with van der Waals surface area (Å²) in [6.45, 7) is 7.66. The molecule has 0 rings (SSSR count). The molecule has 1 radical (unpaired) electrons. The molecule has 0 fully saturated rings. The van der Waals surface area contributed by atoms with Crippen LogP contribution in [0.4, 0.5) is 4.39 Å². The third kappa shape index (κ3) is 10.2. The molecule has 91 valence electrons. The monoisotopic (exact) mass is 215 g/mol. The highest BCUT2D eigenvalue weighted by molar-refractivity contribution is 4.73. The largest absolute Gasteiger partial charge is 0.244 e. The molecule has 0 amide bonds. The Morgan fingerprint density at radius 2 is 1.47 bits per heavy atom. The van der Waals surface area contributed by atoms with E-state index in [-0.39, 0.29) is 0 Å². The molecule has 0 aromatic rings. The average molecular weight is 215 g/mol. The second-order valence-electron chi connectivity index (χ2n) is 4.89. The molecule has 0 aromatic heterocycles. The predicted octanol–water partition coefficient (Wildman–Crippen LogP) is 5.47. The van der Waals surface area contributed by atoms with E-state index >= 15 is 0 Å². The van der Waals surface area contributed by atoms with Crippen molar-refractivity contribution in [2.75, 3.05) is 0 Å². The highest BCUT2D eigenvalue weighted by Crippen LogP contribution is 2.24. The van der Waals surface area contributed by atoms with E-state index in [9.17, 15) is 4.39 Å². The summed E-state index contributed by atoms with van der Waals surface area (Å²) < 4.78 is 13.7. The van der Waals surface area contributed by atoms with E-state index in [0.717, 1.165) is 12.8 Å². The fourth-order valence-electron chi connectivity index (χ4n) is 1.94. The van der Waals surface area contributed by atoms with Crippen molar-refractivity contribution in [2.24, 2.45) is 0 Å². The van der Waals surface area contributed by atoms with E-state index in [0.29, 0.717) is 12.8 Å². The van der Waals surface area contributed by atoms with Crippen LogP contribution in [0.3, 0.4) is 0 Å². The number of hydrogen-bond acceptors (Lipinski definition) is 0. The van der Waals surface area contributed by atoms with Crippen molar-refractivity contribution in [3.63, 3.8) is 0 Å². The highest BCUT2D eigenvalue weighted by Gasteiger charge is 2.20. The van der Waals surface area contributed by atoms with Crippen LogP contribution in [0.1, 0.15) is 78.1 Å². The van der Waals surface area contributed by atoms with Crippen LogP contribution in [-0.4, -0.2) is 5.67 Å². The molecular weight excluding hydrogens is 187 g/mol. The standard InChI is InChI=1S/C14H28F/c1-4-6-7-8-9-10-11-13-14(3,15)12-5-2/h2,4-13H2,1,3H3. The lowest BCUT2D eigenvalue weighted by molar-refractivity contribution is 0.157. The molecular formula is C14H28F. The summed E-state index contributed by atoms with van der Waals surface area (Å²) in [7, 11) is 0. The van der Waals surface area contributed by atoms with Gasteiger partial charge in [-0.25, -0.2) is 4.39 Å². The average Bonchev–Trinajstić information content (AvgIpc) is 2.16. The Balaban J connectivity index is 3.22. The molecule has 15 heavy (non-hydrogen) atoms. The molecule has 1 atom stereocenters. The molecule has 0 spiro atoms. The lowest BCUT2D eigenvalue weighted by Crippen LogP contribution is -2.16. The van der Waals surface area contributed by atoms with Gasteiger partial charge < -0.3 is 0 Å². The summed E-state index contributed by atoms with van der Waals surface area (Å²) in [4.78, 5) is 0. The summed E-state index contributed by atoms with van der Waals surface area (Å²) >= 11 is 0. The zero-order valence-corrected chi connectivity index (χ0v) is 10.7. The van der Waals surface area contributed by atoms with E-state index in [1.165, 1.54) is 38.5 Å². The van der Waals surface area contributed by atoms with Crippen LogP contribution in [0.25, 0.3) is 0 Å². The van der Waals surface area contributed by atoms with Gasteiger partial charge in [0.25, 0.3) is 0 Å². The molecule has 0 aliphatic carbocycles. The van der Waals surface area contributed by atoms with Gasteiger partial charge in [0.15, 0.2) is 0 Å². The van der Waals surface area contributed by atoms with Crippen molar-refractivity contribution in [1.29, 1.82) is 0 Å². The van der Waals surface area contributed by atoms with Gasteiger partial charge in [0.1, 0.15) is 5.67 Å². The van der Waals surface area contributed by atoms with Crippen LogP contribution in [-0.2, 0) is 0 Å². The van der Waals surface area contributed by atoms with Gasteiger partial charge in [-0.2, -0.15) is 0 Å². The fraction of sp³-hybridized carbons (Fsp3) is 0.929. The Morgan fingerprint density at radius 1 is 0.933 bits per heavy atom. The van der Waals surface area contributed by atoms with E-state index in [4.69, 9.17) is 0 Å². The molecule has 0 aliphatic heterocycles. The molecule has 1 heteroatoms. The summed E-state index contributed by atoms with van der Waals surface area (Å²) in [5, 5.41) is 0. The van der Waals surface area contributed by atoms with Crippen molar-refractivity contribution < 1.29 is 4.39 Å². The third-order valence-electron chi connectivity index (χ3n) is 3.00. The number of rotatable bonds is 10. The van der Waals surface area contributed by atoms with Crippen LogP contribution in [0.15, 0.2) is 0 Å². The molecule has 0 N–H and O–H groups in total. The Kier molecular flexibility index (Phi) is 9.13. The SMILES string of the molecule is [CH2]CCC(C)(F)CCCCCCCCC. The van der Waals surface area contributed by atoms with Gasteiger partial charge in [-0.05, 0) is 19.8 Å². The number of halogens is 1. The lowest BCUT2D eigenvalue weighted by atomic mass is 9.95. The van der Waals surface area contributed by atoms with Crippen molar-refractivity contribution in [2.45, 2.75) is 83.7 Å². The van der Waals surface area contributed by atoms with Gasteiger partial charge in [0.2, 0.25) is 0 Å². The predicted molar refractivity (Wildman–Crippen MR) is 66.7 cm³/mol. The second kappa shape index (κ2) is 9.18. The van der Waals surface area contributed by atoms with Gasteiger partial charge in [-0.3, -0.25) is 0 Å². The maximum absolute atomic E-state index is 13.7. The fourth-order valence-corrected chi connectivity index (χ4v) is 1.94. The maximum Gasteiger partial charge on any atom is 0.108 e. The lowest BCUT2D eigenvalue weighted by Gasteiger charge is -2.19. The number of unbranched alkanes of at least 4 members (excludes halogenated alkanes) is 6. The molecule has 0 bridgehead atoms. The second-order valence-corrected chi connectivity index (χ2v) is 4.89. The minimum absolute atomic E-state index is 0.614.